The molecule has 1 atom stereocenters. The maximum Gasteiger partial charge on any atom is 0.324 e. The van der Waals surface area contributed by atoms with Crippen LogP contribution in [0.4, 0.5) is 5.69 Å². The molecule has 0 heterocycles. The Labute approximate surface area is 129 Å². The molecule has 0 saturated carbocycles. The molecule has 0 aliphatic heterocycles. The fourth-order valence-corrected chi connectivity index (χ4v) is 2.72. The number of nitrogens with two attached hydrogens (primary N) is 1. The van der Waals surface area contributed by atoms with E-state index in [9.17, 15) is 14.7 Å². The van der Waals surface area contributed by atoms with Crippen molar-refractivity contribution in [3.63, 3.8) is 0 Å². The summed E-state index contributed by atoms with van der Waals surface area (Å²) in [6.45, 7) is 1.80. The van der Waals surface area contributed by atoms with Crippen molar-refractivity contribution in [2.45, 2.75) is 38.5 Å². The van der Waals surface area contributed by atoms with Crippen molar-refractivity contribution in [2.75, 3.05) is 12.3 Å². The van der Waals surface area contributed by atoms with E-state index in [-0.39, 0.29) is 6.61 Å². The molecule has 5 heteroatoms. The van der Waals surface area contributed by atoms with Crippen molar-refractivity contribution in [3.05, 3.63) is 35.4 Å². The Hall–Kier alpha value is -2.30. The number of hydrogen-bond acceptors (Lipinski definition) is 4. The number of carboxylic acid groups (broad SMARTS) is 1. The summed E-state index contributed by atoms with van der Waals surface area (Å²) in [6, 6.07) is 4.95. The standard InChI is InChI=1S/C17H21NO4/c1-2-22-17(21)15(16(19)20)12-8-9-14(18)13(10-12)11-6-4-3-5-7-11/h6,8-10,15H,2-5,7,18H2,1H3,(H,19,20). The SMILES string of the molecule is CCOC(=O)C(C(=O)O)c1ccc(N)c(C2=CCCCC2)c1. The Morgan fingerprint density at radius 3 is 2.73 bits per heavy atom. The number of carboxylic acids is 1. The maximum absolute atomic E-state index is 11.9. The Balaban J connectivity index is 2.40. The van der Waals surface area contributed by atoms with E-state index in [1.807, 2.05) is 0 Å². The Morgan fingerprint density at radius 2 is 2.14 bits per heavy atom. The summed E-state index contributed by atoms with van der Waals surface area (Å²) in [5, 5.41) is 9.35. The zero-order valence-electron chi connectivity index (χ0n) is 12.7. The first-order chi connectivity index (χ1) is 10.5. The molecule has 1 aromatic carbocycles. The van der Waals surface area contributed by atoms with Crippen molar-refractivity contribution in [1.29, 1.82) is 0 Å². The third-order valence-electron chi connectivity index (χ3n) is 3.82. The van der Waals surface area contributed by atoms with E-state index in [4.69, 9.17) is 10.5 Å². The zero-order chi connectivity index (χ0) is 16.1. The van der Waals surface area contributed by atoms with E-state index in [1.165, 1.54) is 0 Å². The average Bonchev–Trinajstić information content (AvgIpc) is 2.50. The van der Waals surface area contributed by atoms with Gasteiger partial charge in [-0.15, -0.1) is 0 Å². The van der Waals surface area contributed by atoms with Crippen LogP contribution >= 0.6 is 0 Å². The molecule has 0 radical (unpaired) electrons. The number of benzene rings is 1. The summed E-state index contributed by atoms with van der Waals surface area (Å²) < 4.78 is 4.87. The second-order valence-corrected chi connectivity index (χ2v) is 5.35. The lowest BCUT2D eigenvalue weighted by Crippen LogP contribution is -2.24. The van der Waals surface area contributed by atoms with Gasteiger partial charge >= 0.3 is 11.9 Å². The van der Waals surface area contributed by atoms with E-state index in [0.717, 1.165) is 36.8 Å². The van der Waals surface area contributed by atoms with Crippen LogP contribution in [-0.2, 0) is 14.3 Å². The fraction of sp³-hybridized carbons (Fsp3) is 0.412. The lowest BCUT2D eigenvalue weighted by Gasteiger charge is -2.18. The normalized spacial score (nSPS) is 15.8. The topological polar surface area (TPSA) is 89.6 Å². The molecular weight excluding hydrogens is 282 g/mol. The van der Waals surface area contributed by atoms with E-state index < -0.39 is 17.9 Å². The smallest absolute Gasteiger partial charge is 0.324 e. The van der Waals surface area contributed by atoms with E-state index >= 15 is 0 Å². The number of rotatable bonds is 5. The highest BCUT2D eigenvalue weighted by molar-refractivity contribution is 6.00. The third kappa shape index (κ3) is 3.47. The predicted octanol–water partition coefficient (Wildman–Crippen LogP) is 2.96. The highest BCUT2D eigenvalue weighted by atomic mass is 16.5. The molecule has 0 fully saturated rings. The van der Waals surface area contributed by atoms with Crippen LogP contribution in [0.25, 0.3) is 5.57 Å². The number of aliphatic carboxylic acids is 1. The van der Waals surface area contributed by atoms with Crippen LogP contribution in [0, 0.1) is 0 Å². The van der Waals surface area contributed by atoms with Gasteiger partial charge in [0.2, 0.25) is 0 Å². The van der Waals surface area contributed by atoms with Gasteiger partial charge in [0.15, 0.2) is 5.92 Å². The van der Waals surface area contributed by atoms with Crippen LogP contribution in [0.15, 0.2) is 24.3 Å². The van der Waals surface area contributed by atoms with Crippen LogP contribution in [-0.4, -0.2) is 23.7 Å². The number of nitrogen functional groups attached to an aromatic ring is 1. The number of esters is 1. The van der Waals surface area contributed by atoms with Crippen molar-refractivity contribution in [1.82, 2.24) is 0 Å². The predicted molar refractivity (Wildman–Crippen MR) is 84.3 cm³/mol. The van der Waals surface area contributed by atoms with Crippen LogP contribution < -0.4 is 5.73 Å². The van der Waals surface area contributed by atoms with Crippen LogP contribution in [0.1, 0.15) is 49.7 Å². The molecule has 3 N–H and O–H groups in total. The molecular formula is C17H21NO4. The van der Waals surface area contributed by atoms with Crippen LogP contribution in [0.5, 0.6) is 0 Å². The minimum Gasteiger partial charge on any atom is -0.480 e. The molecule has 0 saturated heterocycles. The molecule has 2 rings (SSSR count). The molecule has 1 aliphatic rings. The number of carbonyl (C=O) groups excluding carboxylic acids is 1. The van der Waals surface area contributed by atoms with Gasteiger partial charge in [-0.25, -0.2) is 0 Å². The quantitative estimate of drug-likeness (QED) is 0.496. The second kappa shape index (κ2) is 7.11. The zero-order valence-corrected chi connectivity index (χ0v) is 12.7. The van der Waals surface area contributed by atoms with E-state index in [0.29, 0.717) is 11.3 Å². The lowest BCUT2D eigenvalue weighted by molar-refractivity contribution is -0.153. The monoisotopic (exact) mass is 303 g/mol. The molecule has 118 valence electrons. The van der Waals surface area contributed by atoms with Crippen molar-refractivity contribution >= 4 is 23.2 Å². The first kappa shape index (κ1) is 16.1. The maximum atomic E-state index is 11.9. The second-order valence-electron chi connectivity index (χ2n) is 5.35. The molecule has 5 nitrogen and oxygen atoms in total. The van der Waals surface area contributed by atoms with Crippen LogP contribution in [0.3, 0.4) is 0 Å². The summed E-state index contributed by atoms with van der Waals surface area (Å²) in [4.78, 5) is 23.4. The molecule has 1 aromatic rings. The van der Waals surface area contributed by atoms with Gasteiger partial charge in [0.05, 0.1) is 6.61 Å². The molecule has 0 aromatic heterocycles. The number of carbonyl (C=O) groups is 2. The summed E-state index contributed by atoms with van der Waals surface area (Å²) in [6.07, 6.45) is 6.31. The van der Waals surface area contributed by atoms with Crippen molar-refractivity contribution in [2.24, 2.45) is 0 Å². The molecule has 22 heavy (non-hydrogen) atoms. The number of ether oxygens (including phenoxy) is 1. The van der Waals surface area contributed by atoms with Gasteiger partial charge in [-0.05, 0) is 55.9 Å². The van der Waals surface area contributed by atoms with Gasteiger partial charge in [0.1, 0.15) is 0 Å². The van der Waals surface area contributed by atoms with Crippen LogP contribution in [0.2, 0.25) is 0 Å². The van der Waals surface area contributed by atoms with Crippen molar-refractivity contribution in [3.8, 4) is 0 Å². The number of allylic oxidation sites excluding steroid dienone is 2. The summed E-state index contributed by atoms with van der Waals surface area (Å²) in [7, 11) is 0. The molecule has 0 spiro atoms. The largest absolute Gasteiger partial charge is 0.480 e. The first-order valence-corrected chi connectivity index (χ1v) is 7.52. The summed E-state index contributed by atoms with van der Waals surface area (Å²) >= 11 is 0. The Kier molecular flexibility index (Phi) is 5.20. The lowest BCUT2D eigenvalue weighted by atomic mass is 9.89. The number of anilines is 1. The van der Waals surface area contributed by atoms with Crippen molar-refractivity contribution < 1.29 is 19.4 Å². The van der Waals surface area contributed by atoms with Gasteiger partial charge in [-0.2, -0.15) is 0 Å². The van der Waals surface area contributed by atoms with Gasteiger partial charge in [0, 0.05) is 11.3 Å². The molecule has 1 unspecified atom stereocenters. The van der Waals surface area contributed by atoms with Gasteiger partial charge in [-0.1, -0.05) is 12.1 Å². The van der Waals surface area contributed by atoms with Gasteiger partial charge < -0.3 is 15.6 Å². The fourth-order valence-electron chi connectivity index (χ4n) is 2.72. The first-order valence-electron chi connectivity index (χ1n) is 7.52. The van der Waals surface area contributed by atoms with E-state index in [2.05, 4.69) is 6.08 Å². The molecule has 1 aliphatic carbocycles. The minimum atomic E-state index is -1.32. The third-order valence-corrected chi connectivity index (χ3v) is 3.82. The minimum absolute atomic E-state index is 0.148. The van der Waals surface area contributed by atoms with Gasteiger partial charge in [0.25, 0.3) is 0 Å². The van der Waals surface area contributed by atoms with E-state index in [1.54, 1.807) is 25.1 Å². The summed E-state index contributed by atoms with van der Waals surface area (Å²) in [5.41, 5.74) is 8.98. The Morgan fingerprint density at radius 1 is 1.36 bits per heavy atom. The average molecular weight is 303 g/mol. The number of hydrogen-bond donors (Lipinski definition) is 2. The molecule has 0 bridgehead atoms. The summed E-state index contributed by atoms with van der Waals surface area (Å²) in [5.74, 6) is -3.28. The highest BCUT2D eigenvalue weighted by Crippen LogP contribution is 2.33. The molecule has 0 amide bonds. The Bertz CT molecular complexity index is 607. The van der Waals surface area contributed by atoms with Gasteiger partial charge in [-0.3, -0.25) is 9.59 Å². The highest BCUT2D eigenvalue weighted by Gasteiger charge is 2.30.